The Morgan fingerprint density at radius 2 is 1.67 bits per heavy atom. The largest absolute Gasteiger partial charge is 0.493 e. The van der Waals surface area contributed by atoms with Crippen molar-refractivity contribution in [2.45, 2.75) is 32.7 Å². The first-order valence-electron chi connectivity index (χ1n) is 7.83. The summed E-state index contributed by atoms with van der Waals surface area (Å²) in [6.45, 7) is 5.28. The summed E-state index contributed by atoms with van der Waals surface area (Å²) in [5.41, 5.74) is 7.64. The first kappa shape index (κ1) is 14.2. The van der Waals surface area contributed by atoms with E-state index in [9.17, 15) is 0 Å². The van der Waals surface area contributed by atoms with Crippen LogP contribution in [0.2, 0.25) is 0 Å². The van der Waals surface area contributed by atoms with Gasteiger partial charge in [-0.15, -0.1) is 0 Å². The van der Waals surface area contributed by atoms with Crippen LogP contribution in [0, 0.1) is 5.92 Å². The number of ether oxygens (including phenoxy) is 2. The summed E-state index contributed by atoms with van der Waals surface area (Å²) in [5.74, 6) is 2.34. The molecule has 0 aliphatic heterocycles. The molecule has 0 bridgehead atoms. The lowest BCUT2D eigenvalue weighted by Gasteiger charge is -2.21. The van der Waals surface area contributed by atoms with E-state index in [1.165, 1.54) is 12.8 Å². The molecule has 3 rings (SSSR count). The molecule has 1 saturated carbocycles. The Hall–Kier alpha value is -1.74. The van der Waals surface area contributed by atoms with Crippen LogP contribution in [-0.2, 0) is 0 Å². The van der Waals surface area contributed by atoms with Crippen molar-refractivity contribution in [1.29, 1.82) is 0 Å². The molecule has 0 radical (unpaired) electrons. The molecule has 0 amide bonds. The molecular formula is C18H23NO2. The summed E-state index contributed by atoms with van der Waals surface area (Å²) < 4.78 is 11.7. The molecule has 2 aromatic rings. The quantitative estimate of drug-likeness (QED) is 0.871. The van der Waals surface area contributed by atoms with Crippen LogP contribution in [0.3, 0.4) is 0 Å². The first-order chi connectivity index (χ1) is 10.3. The van der Waals surface area contributed by atoms with Crippen LogP contribution in [-0.4, -0.2) is 13.2 Å². The van der Waals surface area contributed by atoms with Crippen LogP contribution in [0.25, 0.3) is 10.8 Å². The maximum absolute atomic E-state index is 6.50. The van der Waals surface area contributed by atoms with Crippen molar-refractivity contribution >= 4 is 10.8 Å². The van der Waals surface area contributed by atoms with Crippen LogP contribution in [0.5, 0.6) is 11.5 Å². The van der Waals surface area contributed by atoms with Gasteiger partial charge in [-0.2, -0.15) is 0 Å². The second-order valence-electron chi connectivity index (χ2n) is 5.56. The lowest BCUT2D eigenvalue weighted by molar-refractivity contribution is 0.321. The number of fused-ring (bicyclic) bond motifs is 1. The maximum Gasteiger partial charge on any atom is 0.130 e. The highest BCUT2D eigenvalue weighted by molar-refractivity contribution is 5.93. The molecule has 3 nitrogen and oxygen atoms in total. The molecule has 0 saturated heterocycles. The molecule has 1 unspecified atom stereocenters. The van der Waals surface area contributed by atoms with Gasteiger partial charge in [0, 0.05) is 23.1 Å². The van der Waals surface area contributed by atoms with Gasteiger partial charge in [-0.3, -0.25) is 0 Å². The zero-order valence-electron chi connectivity index (χ0n) is 12.8. The van der Waals surface area contributed by atoms with Crippen LogP contribution in [0.4, 0.5) is 0 Å². The van der Waals surface area contributed by atoms with E-state index in [2.05, 4.69) is 18.2 Å². The fourth-order valence-electron chi connectivity index (χ4n) is 2.92. The lowest BCUT2D eigenvalue weighted by atomic mass is 9.94. The number of benzene rings is 2. The Morgan fingerprint density at radius 3 is 2.29 bits per heavy atom. The highest BCUT2D eigenvalue weighted by Gasteiger charge is 2.33. The zero-order chi connectivity index (χ0) is 14.8. The van der Waals surface area contributed by atoms with Crippen molar-refractivity contribution in [3.63, 3.8) is 0 Å². The summed E-state index contributed by atoms with van der Waals surface area (Å²) in [5, 5.41) is 2.28. The standard InChI is InChI=1S/C18H23NO2/c1-3-20-15-11-16(21-4-2)17(18(19)12-9-10-12)14-8-6-5-7-13(14)15/h5-8,11-12,18H,3-4,9-10,19H2,1-2H3. The third-order valence-corrected chi connectivity index (χ3v) is 4.07. The number of hydrogen-bond acceptors (Lipinski definition) is 3. The average molecular weight is 285 g/mol. The van der Waals surface area contributed by atoms with E-state index in [1.54, 1.807) is 0 Å². The van der Waals surface area contributed by atoms with Gasteiger partial charge in [0.1, 0.15) is 11.5 Å². The van der Waals surface area contributed by atoms with Crippen LogP contribution < -0.4 is 15.2 Å². The van der Waals surface area contributed by atoms with Crippen molar-refractivity contribution in [3.8, 4) is 11.5 Å². The van der Waals surface area contributed by atoms with Gasteiger partial charge in [0.2, 0.25) is 0 Å². The molecule has 2 N–H and O–H groups in total. The monoisotopic (exact) mass is 285 g/mol. The minimum atomic E-state index is 0.0483. The molecule has 0 spiro atoms. The Bertz CT molecular complexity index is 634. The predicted octanol–water partition coefficient (Wildman–Crippen LogP) is 4.05. The third-order valence-electron chi connectivity index (χ3n) is 4.07. The minimum absolute atomic E-state index is 0.0483. The normalized spacial score (nSPS) is 16.0. The van der Waals surface area contributed by atoms with Crippen LogP contribution in [0.1, 0.15) is 38.3 Å². The Morgan fingerprint density at radius 1 is 1.05 bits per heavy atom. The van der Waals surface area contributed by atoms with Crippen LogP contribution >= 0.6 is 0 Å². The second kappa shape index (κ2) is 5.94. The number of nitrogens with two attached hydrogens (primary N) is 1. The smallest absolute Gasteiger partial charge is 0.130 e. The molecule has 1 aliphatic rings. The van der Waals surface area contributed by atoms with Gasteiger partial charge in [-0.05, 0) is 38.0 Å². The van der Waals surface area contributed by atoms with E-state index >= 15 is 0 Å². The van der Waals surface area contributed by atoms with Gasteiger partial charge in [0.25, 0.3) is 0 Å². The molecule has 21 heavy (non-hydrogen) atoms. The lowest BCUT2D eigenvalue weighted by Crippen LogP contribution is -2.15. The number of rotatable bonds is 6. The Kier molecular flexibility index (Phi) is 4.02. The summed E-state index contributed by atoms with van der Waals surface area (Å²) >= 11 is 0. The molecule has 1 aliphatic carbocycles. The van der Waals surface area contributed by atoms with E-state index in [0.717, 1.165) is 27.8 Å². The van der Waals surface area contributed by atoms with Gasteiger partial charge in [-0.25, -0.2) is 0 Å². The predicted molar refractivity (Wildman–Crippen MR) is 85.9 cm³/mol. The summed E-state index contributed by atoms with van der Waals surface area (Å²) in [7, 11) is 0. The molecule has 2 aromatic carbocycles. The number of hydrogen-bond donors (Lipinski definition) is 1. The SMILES string of the molecule is CCOc1cc(OCC)c2ccccc2c1C(N)C1CC1. The van der Waals surface area contributed by atoms with Crippen LogP contribution in [0.15, 0.2) is 30.3 Å². The molecule has 1 atom stereocenters. The Balaban J connectivity index is 2.21. The van der Waals surface area contributed by atoms with Crippen molar-refractivity contribution in [2.75, 3.05) is 13.2 Å². The van der Waals surface area contributed by atoms with Gasteiger partial charge < -0.3 is 15.2 Å². The second-order valence-corrected chi connectivity index (χ2v) is 5.56. The van der Waals surface area contributed by atoms with Gasteiger partial charge in [0.05, 0.1) is 13.2 Å². The molecule has 112 valence electrons. The summed E-state index contributed by atoms with van der Waals surface area (Å²) in [4.78, 5) is 0. The molecule has 3 heteroatoms. The molecule has 0 heterocycles. The van der Waals surface area contributed by atoms with E-state index < -0.39 is 0 Å². The van der Waals surface area contributed by atoms with Crippen molar-refractivity contribution < 1.29 is 9.47 Å². The van der Waals surface area contributed by atoms with Crippen molar-refractivity contribution in [3.05, 3.63) is 35.9 Å². The topological polar surface area (TPSA) is 44.5 Å². The fourth-order valence-corrected chi connectivity index (χ4v) is 2.92. The van der Waals surface area contributed by atoms with E-state index in [0.29, 0.717) is 19.1 Å². The van der Waals surface area contributed by atoms with E-state index in [4.69, 9.17) is 15.2 Å². The molecule has 1 fully saturated rings. The highest BCUT2D eigenvalue weighted by atomic mass is 16.5. The van der Waals surface area contributed by atoms with E-state index in [-0.39, 0.29) is 6.04 Å². The average Bonchev–Trinajstić information content (AvgIpc) is 3.32. The van der Waals surface area contributed by atoms with Gasteiger partial charge >= 0.3 is 0 Å². The van der Waals surface area contributed by atoms with Crippen molar-refractivity contribution in [2.24, 2.45) is 11.7 Å². The third kappa shape index (κ3) is 2.70. The van der Waals surface area contributed by atoms with E-state index in [1.807, 2.05) is 26.0 Å². The maximum atomic E-state index is 6.50. The summed E-state index contributed by atoms with van der Waals surface area (Å²) in [6, 6.07) is 10.4. The fraction of sp³-hybridized carbons (Fsp3) is 0.444. The van der Waals surface area contributed by atoms with Gasteiger partial charge in [0.15, 0.2) is 0 Å². The highest BCUT2D eigenvalue weighted by Crippen LogP contribution is 2.46. The first-order valence-corrected chi connectivity index (χ1v) is 7.83. The molecular weight excluding hydrogens is 262 g/mol. The summed E-state index contributed by atoms with van der Waals surface area (Å²) in [6.07, 6.45) is 2.43. The van der Waals surface area contributed by atoms with Crippen molar-refractivity contribution in [1.82, 2.24) is 0 Å². The van der Waals surface area contributed by atoms with Gasteiger partial charge in [-0.1, -0.05) is 24.3 Å². The minimum Gasteiger partial charge on any atom is -0.493 e. The zero-order valence-corrected chi connectivity index (χ0v) is 12.8. The molecule has 0 aromatic heterocycles. The Labute approximate surface area is 126 Å².